The monoisotopic (exact) mass is 511 g/mol. The van der Waals surface area contributed by atoms with Crippen molar-refractivity contribution >= 4 is 69.0 Å². The Kier molecular flexibility index (Phi) is 7.26. The molecule has 0 aliphatic heterocycles. The molecule has 0 heterocycles. The van der Waals surface area contributed by atoms with Gasteiger partial charge in [0.2, 0.25) is 0 Å². The van der Waals surface area contributed by atoms with Gasteiger partial charge in [-0.3, -0.25) is 4.79 Å². The van der Waals surface area contributed by atoms with E-state index in [-0.39, 0.29) is 18.3 Å². The lowest BCUT2D eigenvalue weighted by Crippen LogP contribution is -2.21. The molecule has 0 aliphatic rings. The molecule has 0 spiro atoms. The zero-order chi connectivity index (χ0) is 18.7. The van der Waals surface area contributed by atoms with Crippen LogP contribution in [0.25, 0.3) is 0 Å². The van der Waals surface area contributed by atoms with Gasteiger partial charge in [-0.25, -0.2) is 0 Å². The summed E-state index contributed by atoms with van der Waals surface area (Å²) in [7, 11) is 0. The molecule has 0 aromatic heterocycles. The Balaban J connectivity index is 2.14. The molecule has 1 N–H and O–H groups in total. The van der Waals surface area contributed by atoms with Gasteiger partial charge in [-0.2, -0.15) is 0 Å². The highest BCUT2D eigenvalue weighted by Crippen LogP contribution is 2.42. The first kappa shape index (κ1) is 20.6. The molecule has 0 bridgehead atoms. The first-order valence-electron chi connectivity index (χ1n) is 7.61. The lowest BCUT2D eigenvalue weighted by Gasteiger charge is -2.16. The lowest BCUT2D eigenvalue weighted by atomic mass is 10.1. The lowest BCUT2D eigenvalue weighted by molar-refractivity contribution is -0.118. The molecular formula is C18H17Cl3INO2. The van der Waals surface area contributed by atoms with E-state index in [0.717, 1.165) is 21.2 Å². The summed E-state index contributed by atoms with van der Waals surface area (Å²) in [4.78, 5) is 12.2. The predicted octanol–water partition coefficient (Wildman–Crippen LogP) is 6.45. The standard InChI is InChI=1S/C18H17Cl3INO2/c1-4-11-7-12(22)5-6-13(11)23-14(24)8-25-18-16(20)9(2)15(19)10(3)17(18)21/h5-7H,4,8H2,1-3H3,(H,23,24). The van der Waals surface area contributed by atoms with Crippen molar-refractivity contribution in [1.82, 2.24) is 0 Å². The van der Waals surface area contributed by atoms with E-state index in [0.29, 0.717) is 26.2 Å². The van der Waals surface area contributed by atoms with Gasteiger partial charge < -0.3 is 10.1 Å². The van der Waals surface area contributed by atoms with E-state index >= 15 is 0 Å². The topological polar surface area (TPSA) is 38.3 Å². The number of halogens is 4. The number of benzene rings is 2. The van der Waals surface area contributed by atoms with Crippen molar-refractivity contribution in [2.24, 2.45) is 0 Å². The Labute approximate surface area is 176 Å². The van der Waals surface area contributed by atoms with Crippen molar-refractivity contribution in [3.63, 3.8) is 0 Å². The third-order valence-corrected chi connectivity index (χ3v) is 5.93. The van der Waals surface area contributed by atoms with Gasteiger partial charge >= 0.3 is 0 Å². The van der Waals surface area contributed by atoms with E-state index in [1.54, 1.807) is 13.8 Å². The normalized spacial score (nSPS) is 10.7. The zero-order valence-corrected chi connectivity index (χ0v) is 18.4. The minimum atomic E-state index is -0.284. The van der Waals surface area contributed by atoms with Gasteiger partial charge in [0.1, 0.15) is 0 Å². The highest BCUT2D eigenvalue weighted by atomic mass is 127. The van der Waals surface area contributed by atoms with Gasteiger partial charge in [0.05, 0.1) is 10.0 Å². The second-order valence-electron chi connectivity index (χ2n) is 5.51. The first-order chi connectivity index (χ1) is 11.8. The van der Waals surface area contributed by atoms with E-state index in [4.69, 9.17) is 39.5 Å². The third-order valence-electron chi connectivity index (χ3n) is 3.79. The third kappa shape index (κ3) is 4.73. The minimum absolute atomic E-state index is 0.199. The molecule has 25 heavy (non-hydrogen) atoms. The summed E-state index contributed by atoms with van der Waals surface area (Å²) in [5.74, 6) is -0.00972. The fraction of sp³-hybridized carbons (Fsp3) is 0.278. The van der Waals surface area contributed by atoms with Crippen LogP contribution < -0.4 is 10.1 Å². The molecule has 134 valence electrons. The van der Waals surface area contributed by atoms with E-state index in [1.807, 2.05) is 25.1 Å². The fourth-order valence-electron chi connectivity index (χ4n) is 2.34. The van der Waals surface area contributed by atoms with Crippen molar-refractivity contribution in [2.45, 2.75) is 27.2 Å². The average Bonchev–Trinajstić information content (AvgIpc) is 2.59. The van der Waals surface area contributed by atoms with Gasteiger partial charge in [-0.05, 0) is 77.7 Å². The second-order valence-corrected chi connectivity index (χ2v) is 7.89. The van der Waals surface area contributed by atoms with Gasteiger partial charge in [-0.15, -0.1) is 0 Å². The largest absolute Gasteiger partial charge is 0.481 e. The van der Waals surface area contributed by atoms with Crippen LogP contribution in [-0.4, -0.2) is 12.5 Å². The van der Waals surface area contributed by atoms with Crippen molar-refractivity contribution in [2.75, 3.05) is 11.9 Å². The van der Waals surface area contributed by atoms with Crippen LogP contribution in [0, 0.1) is 17.4 Å². The summed E-state index contributed by atoms with van der Waals surface area (Å²) in [5.41, 5.74) is 3.18. The smallest absolute Gasteiger partial charge is 0.262 e. The Bertz CT molecular complexity index is 795. The molecule has 1 amide bonds. The summed E-state index contributed by atoms with van der Waals surface area (Å²) in [6.07, 6.45) is 0.820. The van der Waals surface area contributed by atoms with E-state index in [1.165, 1.54) is 0 Å². The van der Waals surface area contributed by atoms with E-state index < -0.39 is 0 Å². The summed E-state index contributed by atoms with van der Waals surface area (Å²) >= 11 is 20.9. The maximum absolute atomic E-state index is 12.2. The Morgan fingerprint density at radius 1 is 1.12 bits per heavy atom. The molecule has 0 saturated heterocycles. The highest BCUT2D eigenvalue weighted by molar-refractivity contribution is 14.1. The maximum atomic E-state index is 12.2. The zero-order valence-electron chi connectivity index (χ0n) is 14.0. The number of nitrogens with one attached hydrogen (secondary N) is 1. The molecule has 7 heteroatoms. The first-order valence-corrected chi connectivity index (χ1v) is 9.82. The van der Waals surface area contributed by atoms with Crippen molar-refractivity contribution in [3.8, 4) is 5.75 Å². The Morgan fingerprint density at radius 3 is 2.28 bits per heavy atom. The SMILES string of the molecule is CCc1cc(I)ccc1NC(=O)COc1c(Cl)c(C)c(Cl)c(C)c1Cl. The maximum Gasteiger partial charge on any atom is 0.262 e. The van der Waals surface area contributed by atoms with Crippen LogP contribution >= 0.6 is 57.4 Å². The minimum Gasteiger partial charge on any atom is -0.481 e. The summed E-state index contributed by atoms with van der Waals surface area (Å²) in [5, 5.41) is 3.99. The fourth-order valence-corrected chi connectivity index (χ4v) is 3.72. The van der Waals surface area contributed by atoms with E-state index in [9.17, 15) is 4.79 Å². The van der Waals surface area contributed by atoms with Crippen LogP contribution in [0.4, 0.5) is 5.69 Å². The number of hydrogen-bond acceptors (Lipinski definition) is 2. The Morgan fingerprint density at radius 2 is 1.72 bits per heavy atom. The van der Waals surface area contributed by atoms with Crippen LogP contribution in [-0.2, 0) is 11.2 Å². The average molecular weight is 513 g/mol. The predicted molar refractivity (Wildman–Crippen MR) is 114 cm³/mol. The quantitative estimate of drug-likeness (QED) is 0.468. The molecule has 0 aliphatic carbocycles. The van der Waals surface area contributed by atoms with Gasteiger partial charge in [0, 0.05) is 14.3 Å². The van der Waals surface area contributed by atoms with Crippen LogP contribution in [0.2, 0.25) is 15.1 Å². The number of hydrogen-bond donors (Lipinski definition) is 1. The number of ether oxygens (including phenoxy) is 1. The molecule has 0 radical (unpaired) electrons. The van der Waals surface area contributed by atoms with Gasteiger partial charge in [-0.1, -0.05) is 41.7 Å². The molecule has 3 nitrogen and oxygen atoms in total. The molecule has 0 unspecified atom stereocenters. The Hall–Kier alpha value is -0.690. The van der Waals surface area contributed by atoms with Crippen LogP contribution in [0.3, 0.4) is 0 Å². The number of aryl methyl sites for hydroxylation is 1. The van der Waals surface area contributed by atoms with Crippen LogP contribution in [0.15, 0.2) is 18.2 Å². The van der Waals surface area contributed by atoms with Crippen molar-refractivity contribution in [1.29, 1.82) is 0 Å². The molecule has 2 aromatic rings. The number of amides is 1. The summed E-state index contributed by atoms with van der Waals surface area (Å²) in [6.45, 7) is 5.39. The second kappa shape index (κ2) is 8.80. The molecule has 0 fully saturated rings. The van der Waals surface area contributed by atoms with Gasteiger partial charge in [0.25, 0.3) is 5.91 Å². The molecule has 0 saturated carbocycles. The summed E-state index contributed by atoms with van der Waals surface area (Å²) in [6, 6.07) is 5.86. The van der Waals surface area contributed by atoms with Crippen LogP contribution in [0.5, 0.6) is 5.75 Å². The number of rotatable bonds is 5. The molecule has 2 rings (SSSR count). The summed E-state index contributed by atoms with van der Waals surface area (Å²) < 4.78 is 6.70. The molecule has 2 aromatic carbocycles. The molecule has 0 atom stereocenters. The highest BCUT2D eigenvalue weighted by Gasteiger charge is 2.19. The number of anilines is 1. The number of carbonyl (C=O) groups is 1. The van der Waals surface area contributed by atoms with Crippen molar-refractivity contribution in [3.05, 3.63) is 53.5 Å². The van der Waals surface area contributed by atoms with Crippen LogP contribution in [0.1, 0.15) is 23.6 Å². The van der Waals surface area contributed by atoms with Gasteiger partial charge in [0.15, 0.2) is 12.4 Å². The number of carbonyl (C=O) groups excluding carboxylic acids is 1. The molecular weight excluding hydrogens is 495 g/mol. The van der Waals surface area contributed by atoms with E-state index in [2.05, 4.69) is 27.9 Å². The van der Waals surface area contributed by atoms with Crippen molar-refractivity contribution < 1.29 is 9.53 Å².